The standard InChI is InChI=1S/C18H21NO3/c20-16(12-19-17(21)10-11-18(19)22)15-8-6-14(7-9-15)13-4-2-1-3-5-13/h6-9,13H,1-5,10-12H2. The number of rotatable bonds is 4. The van der Waals surface area contributed by atoms with Crippen molar-refractivity contribution < 1.29 is 14.4 Å². The van der Waals surface area contributed by atoms with E-state index in [1.165, 1.54) is 37.7 Å². The first-order chi connectivity index (χ1) is 10.6. The average Bonchev–Trinajstić information content (AvgIpc) is 2.88. The second-order valence-electron chi connectivity index (χ2n) is 6.25. The Morgan fingerprint density at radius 2 is 1.55 bits per heavy atom. The molecule has 0 N–H and O–H groups in total. The highest BCUT2D eigenvalue weighted by atomic mass is 16.2. The second kappa shape index (κ2) is 6.42. The quantitative estimate of drug-likeness (QED) is 0.634. The first-order valence-corrected chi connectivity index (χ1v) is 8.11. The molecule has 0 bridgehead atoms. The van der Waals surface area contributed by atoms with Crippen molar-refractivity contribution in [3.8, 4) is 0 Å². The van der Waals surface area contributed by atoms with Crippen LogP contribution >= 0.6 is 0 Å². The van der Waals surface area contributed by atoms with Gasteiger partial charge in [-0.15, -0.1) is 0 Å². The van der Waals surface area contributed by atoms with E-state index < -0.39 is 0 Å². The minimum absolute atomic E-state index is 0.125. The molecule has 2 amide bonds. The molecule has 1 aromatic rings. The molecule has 1 saturated carbocycles. The summed E-state index contributed by atoms with van der Waals surface area (Å²) >= 11 is 0. The van der Waals surface area contributed by atoms with Gasteiger partial charge in [-0.3, -0.25) is 19.3 Å². The van der Waals surface area contributed by atoms with Gasteiger partial charge in [-0.1, -0.05) is 43.5 Å². The number of imide groups is 1. The summed E-state index contributed by atoms with van der Waals surface area (Å²) in [6, 6.07) is 7.71. The minimum atomic E-state index is -0.239. The number of carbonyl (C=O) groups excluding carboxylic acids is 3. The number of ketones is 1. The van der Waals surface area contributed by atoms with Crippen LogP contribution in [0, 0.1) is 0 Å². The van der Waals surface area contributed by atoms with Crippen LogP contribution in [0.1, 0.15) is 66.8 Å². The van der Waals surface area contributed by atoms with Gasteiger partial charge in [-0.25, -0.2) is 0 Å². The molecule has 4 heteroatoms. The van der Waals surface area contributed by atoms with E-state index in [1.54, 1.807) is 0 Å². The summed E-state index contributed by atoms with van der Waals surface area (Å²) in [5.41, 5.74) is 1.87. The zero-order chi connectivity index (χ0) is 15.5. The molecule has 3 rings (SSSR count). The third-order valence-electron chi connectivity index (χ3n) is 4.77. The van der Waals surface area contributed by atoms with Gasteiger partial charge >= 0.3 is 0 Å². The van der Waals surface area contributed by atoms with Crippen LogP contribution in [-0.4, -0.2) is 29.0 Å². The molecule has 1 saturated heterocycles. The van der Waals surface area contributed by atoms with E-state index in [2.05, 4.69) is 0 Å². The Kier molecular flexibility index (Phi) is 4.36. The Morgan fingerprint density at radius 1 is 0.955 bits per heavy atom. The number of amides is 2. The Morgan fingerprint density at radius 3 is 2.14 bits per heavy atom. The van der Waals surface area contributed by atoms with Crippen molar-refractivity contribution in [3.05, 3.63) is 35.4 Å². The van der Waals surface area contributed by atoms with Crippen LogP contribution in [0.4, 0.5) is 0 Å². The molecule has 116 valence electrons. The van der Waals surface area contributed by atoms with Crippen molar-refractivity contribution in [1.82, 2.24) is 4.90 Å². The van der Waals surface area contributed by atoms with Crippen molar-refractivity contribution in [1.29, 1.82) is 0 Å². The van der Waals surface area contributed by atoms with Gasteiger partial charge in [0, 0.05) is 18.4 Å². The maximum Gasteiger partial charge on any atom is 0.230 e. The summed E-state index contributed by atoms with van der Waals surface area (Å²) < 4.78 is 0. The van der Waals surface area contributed by atoms with Crippen LogP contribution in [0.15, 0.2) is 24.3 Å². The monoisotopic (exact) mass is 299 g/mol. The van der Waals surface area contributed by atoms with Crippen molar-refractivity contribution in [3.63, 3.8) is 0 Å². The van der Waals surface area contributed by atoms with Crippen molar-refractivity contribution in [2.24, 2.45) is 0 Å². The topological polar surface area (TPSA) is 54.5 Å². The van der Waals surface area contributed by atoms with E-state index in [0.29, 0.717) is 11.5 Å². The molecular weight excluding hydrogens is 278 g/mol. The number of likely N-dealkylation sites (tertiary alicyclic amines) is 1. The van der Waals surface area contributed by atoms with Crippen LogP contribution in [0.3, 0.4) is 0 Å². The molecule has 0 unspecified atom stereocenters. The summed E-state index contributed by atoms with van der Waals surface area (Å²) in [7, 11) is 0. The van der Waals surface area contributed by atoms with E-state index in [4.69, 9.17) is 0 Å². The molecule has 0 spiro atoms. The van der Waals surface area contributed by atoms with Gasteiger partial charge < -0.3 is 0 Å². The Bertz CT molecular complexity index is 569. The number of Topliss-reactive ketones (excluding diaryl/α,β-unsaturated/α-hetero) is 1. The molecule has 22 heavy (non-hydrogen) atoms. The van der Waals surface area contributed by atoms with Gasteiger partial charge in [0.25, 0.3) is 0 Å². The molecule has 2 aliphatic rings. The lowest BCUT2D eigenvalue weighted by atomic mass is 9.84. The van der Waals surface area contributed by atoms with Crippen molar-refractivity contribution in [2.75, 3.05) is 6.54 Å². The normalized spacial score (nSPS) is 19.7. The number of nitrogens with zero attached hydrogens (tertiary/aromatic N) is 1. The maximum atomic E-state index is 12.2. The van der Waals surface area contributed by atoms with Crippen LogP contribution in [0.2, 0.25) is 0 Å². The molecule has 4 nitrogen and oxygen atoms in total. The molecule has 0 aromatic heterocycles. The van der Waals surface area contributed by atoms with Gasteiger partial charge in [0.1, 0.15) is 0 Å². The summed E-state index contributed by atoms with van der Waals surface area (Å²) in [4.78, 5) is 36.4. The van der Waals surface area contributed by atoms with E-state index >= 15 is 0 Å². The van der Waals surface area contributed by atoms with E-state index in [0.717, 1.165) is 4.90 Å². The van der Waals surface area contributed by atoms with Crippen LogP contribution < -0.4 is 0 Å². The summed E-state index contributed by atoms with van der Waals surface area (Å²) in [6.07, 6.45) is 6.80. The molecule has 1 aliphatic carbocycles. The third-order valence-corrected chi connectivity index (χ3v) is 4.77. The fraction of sp³-hybridized carbons (Fsp3) is 0.500. The highest BCUT2D eigenvalue weighted by molar-refractivity contribution is 6.07. The summed E-state index contributed by atoms with van der Waals surface area (Å²) in [5.74, 6) is -0.0345. The van der Waals surface area contributed by atoms with E-state index in [-0.39, 0.29) is 37.0 Å². The second-order valence-corrected chi connectivity index (χ2v) is 6.25. The minimum Gasteiger partial charge on any atom is -0.292 e. The fourth-order valence-electron chi connectivity index (χ4n) is 3.41. The van der Waals surface area contributed by atoms with Crippen LogP contribution in [0.25, 0.3) is 0 Å². The highest BCUT2D eigenvalue weighted by Gasteiger charge is 2.30. The predicted molar refractivity (Wildman–Crippen MR) is 82.6 cm³/mol. The predicted octanol–water partition coefficient (Wildman–Crippen LogP) is 3.07. The van der Waals surface area contributed by atoms with Gasteiger partial charge in [0.2, 0.25) is 11.8 Å². The van der Waals surface area contributed by atoms with Crippen molar-refractivity contribution >= 4 is 17.6 Å². The third kappa shape index (κ3) is 3.11. The first kappa shape index (κ1) is 14.9. The zero-order valence-electron chi connectivity index (χ0n) is 12.7. The number of hydrogen-bond donors (Lipinski definition) is 0. The molecule has 0 radical (unpaired) electrons. The van der Waals surface area contributed by atoms with Crippen molar-refractivity contribution in [2.45, 2.75) is 50.9 Å². The molecular formula is C18H21NO3. The van der Waals surface area contributed by atoms with E-state index in [1.807, 2.05) is 24.3 Å². The largest absolute Gasteiger partial charge is 0.292 e. The smallest absolute Gasteiger partial charge is 0.230 e. The Balaban J connectivity index is 1.65. The lowest BCUT2D eigenvalue weighted by molar-refractivity contribution is -0.137. The lowest BCUT2D eigenvalue weighted by Crippen LogP contribution is -2.34. The number of carbonyl (C=O) groups is 3. The SMILES string of the molecule is O=C(CN1C(=O)CCC1=O)c1ccc(C2CCCCC2)cc1. The highest BCUT2D eigenvalue weighted by Crippen LogP contribution is 2.32. The van der Waals surface area contributed by atoms with Gasteiger partial charge in [-0.2, -0.15) is 0 Å². The fourth-order valence-corrected chi connectivity index (χ4v) is 3.41. The van der Waals surface area contributed by atoms with Gasteiger partial charge in [0.15, 0.2) is 5.78 Å². The zero-order valence-corrected chi connectivity index (χ0v) is 12.7. The summed E-state index contributed by atoms with van der Waals surface area (Å²) in [6.45, 7) is -0.125. The van der Waals surface area contributed by atoms with E-state index in [9.17, 15) is 14.4 Å². The van der Waals surface area contributed by atoms with Crippen LogP contribution in [-0.2, 0) is 9.59 Å². The average molecular weight is 299 g/mol. The maximum absolute atomic E-state index is 12.2. The number of benzene rings is 1. The summed E-state index contributed by atoms with van der Waals surface area (Å²) in [5, 5.41) is 0. The Labute approximate surface area is 130 Å². The molecule has 1 aromatic carbocycles. The Hall–Kier alpha value is -1.97. The molecule has 1 aliphatic heterocycles. The van der Waals surface area contributed by atoms with Crippen LogP contribution in [0.5, 0.6) is 0 Å². The van der Waals surface area contributed by atoms with Gasteiger partial charge in [-0.05, 0) is 24.3 Å². The molecule has 2 fully saturated rings. The van der Waals surface area contributed by atoms with Gasteiger partial charge in [0.05, 0.1) is 6.54 Å². The first-order valence-electron chi connectivity index (χ1n) is 8.11. The number of hydrogen-bond acceptors (Lipinski definition) is 3. The molecule has 1 heterocycles. The lowest BCUT2D eigenvalue weighted by Gasteiger charge is -2.22. The molecule has 0 atom stereocenters.